The Hall–Kier alpha value is -2.26. The molecule has 0 radical (unpaired) electrons. The molecule has 2 rings (SSSR count). The first-order valence-electron chi connectivity index (χ1n) is 13.4. The van der Waals surface area contributed by atoms with Gasteiger partial charge in [0.15, 0.2) is 11.3 Å². The summed E-state index contributed by atoms with van der Waals surface area (Å²) in [6.45, 7) is 6.29. The lowest BCUT2D eigenvalue weighted by atomic mass is 9.64. The number of amides is 1. The minimum absolute atomic E-state index is 0.111. The first kappa shape index (κ1) is 35.9. The zero-order valence-electron chi connectivity index (χ0n) is 24.4. The van der Waals surface area contributed by atoms with E-state index < -0.39 is 85.8 Å². The number of aliphatic hydroxyl groups excluding tert-OH is 4. The summed E-state index contributed by atoms with van der Waals surface area (Å²) in [5, 5.41) is 65.3. The zero-order chi connectivity index (χ0) is 32.3. The third-order valence-electron chi connectivity index (χ3n) is 7.77. The second-order valence-electron chi connectivity index (χ2n) is 12.0. The molecule has 8 atom stereocenters. The van der Waals surface area contributed by atoms with Gasteiger partial charge in [-0.3, -0.25) is 14.2 Å². The van der Waals surface area contributed by atoms with Crippen molar-refractivity contribution in [3.8, 4) is 0 Å². The molecule has 14 nitrogen and oxygen atoms in total. The number of carbonyl (C=O) groups excluding carboxylic acids is 2. The molecule has 3 unspecified atom stereocenters. The van der Waals surface area contributed by atoms with Crippen molar-refractivity contribution in [3.63, 3.8) is 0 Å². The van der Waals surface area contributed by atoms with Crippen LogP contribution >= 0.6 is 7.60 Å². The molecule has 9 N–H and O–H groups in total. The maximum Gasteiger partial charge on any atom is 0.331 e. The Balaban J connectivity index is 2.03. The summed E-state index contributed by atoms with van der Waals surface area (Å²) >= 11 is 0. The Morgan fingerprint density at radius 1 is 1.29 bits per heavy atom. The van der Waals surface area contributed by atoms with Crippen molar-refractivity contribution in [1.82, 2.24) is 10.6 Å². The number of ketones is 1. The lowest BCUT2D eigenvalue weighted by molar-refractivity contribution is -0.147. The molecule has 1 amide bonds. The predicted octanol–water partition coefficient (Wildman–Crippen LogP) is -0.868. The molecule has 1 aliphatic heterocycles. The Kier molecular flexibility index (Phi) is 11.6. The number of nitrogens with one attached hydrogen (secondary N) is 2. The molecule has 0 aromatic heterocycles. The molecule has 0 bridgehead atoms. The highest BCUT2D eigenvalue weighted by molar-refractivity contribution is 7.52. The second kappa shape index (κ2) is 13.6. The van der Waals surface area contributed by atoms with Crippen LogP contribution in [-0.2, 0) is 23.5 Å². The predicted molar refractivity (Wildman–Crippen MR) is 150 cm³/mol. The molecule has 1 heterocycles. The molecule has 238 valence electrons. The number of rotatable bonds is 13. The van der Waals surface area contributed by atoms with Crippen LogP contribution in [0.3, 0.4) is 0 Å². The van der Waals surface area contributed by atoms with Gasteiger partial charge in [0.05, 0.1) is 43.7 Å². The van der Waals surface area contributed by atoms with Gasteiger partial charge in [-0.05, 0) is 50.5 Å². The van der Waals surface area contributed by atoms with Gasteiger partial charge in [0.25, 0.3) is 0 Å². The van der Waals surface area contributed by atoms with Crippen LogP contribution in [0.1, 0.15) is 47.5 Å². The number of aliphatic hydroxyl groups is 5. The third kappa shape index (κ3) is 8.65. The van der Waals surface area contributed by atoms with Crippen LogP contribution in [0, 0.1) is 5.41 Å². The largest absolute Gasteiger partial charge is 0.479 e. The standard InChI is InChI=1S/C27H43N2O12P/c1-15(6-7-27(38)16(2)9-17(31)11-25(27,3)4)8-21(33)29-26(5,24(36)37)14-41-42(39,40)13-18(32)10-19-22(34)23(35)20(12-30)28-19/h6-9,18-20,22-23,28,30,32,34-35,38H,10-14H2,1-5H3,(H,29,33)(H,36,37)(H,39,40)/b7-6+,15-8-/t18-,19-,20-,22-,23-,26?,27?/m1/s1. The number of allylic oxidation sites excluding steroid dienone is 3. The average Bonchev–Trinajstić information content (AvgIpc) is 3.11. The van der Waals surface area contributed by atoms with Gasteiger partial charge in [0.2, 0.25) is 5.91 Å². The molecule has 1 aliphatic carbocycles. The smallest absolute Gasteiger partial charge is 0.331 e. The van der Waals surface area contributed by atoms with Crippen molar-refractivity contribution in [2.75, 3.05) is 19.4 Å². The first-order chi connectivity index (χ1) is 19.2. The molecule has 42 heavy (non-hydrogen) atoms. The van der Waals surface area contributed by atoms with Crippen molar-refractivity contribution in [1.29, 1.82) is 0 Å². The van der Waals surface area contributed by atoms with Gasteiger partial charge in [0.1, 0.15) is 5.60 Å². The number of carbonyl (C=O) groups is 3. The van der Waals surface area contributed by atoms with Gasteiger partial charge >= 0.3 is 13.6 Å². The topological polar surface area (TPSA) is 243 Å². The number of hydrogen-bond acceptors (Lipinski definition) is 11. The molecule has 15 heteroatoms. The van der Waals surface area contributed by atoms with Crippen LogP contribution in [0.25, 0.3) is 0 Å². The summed E-state index contributed by atoms with van der Waals surface area (Å²) in [5.41, 5.74) is -3.65. The van der Waals surface area contributed by atoms with Crippen molar-refractivity contribution < 1.29 is 59.0 Å². The van der Waals surface area contributed by atoms with Crippen molar-refractivity contribution in [3.05, 3.63) is 35.5 Å². The van der Waals surface area contributed by atoms with Crippen LogP contribution in [0.4, 0.5) is 0 Å². The van der Waals surface area contributed by atoms with Gasteiger partial charge in [-0.1, -0.05) is 19.9 Å². The van der Waals surface area contributed by atoms with E-state index in [0.29, 0.717) is 11.1 Å². The van der Waals surface area contributed by atoms with E-state index in [2.05, 4.69) is 10.6 Å². The van der Waals surface area contributed by atoms with E-state index in [-0.39, 0.29) is 18.6 Å². The fourth-order valence-corrected chi connectivity index (χ4v) is 6.31. The summed E-state index contributed by atoms with van der Waals surface area (Å²) in [7, 11) is -4.60. The molecule has 1 fully saturated rings. The maximum absolute atomic E-state index is 12.6. The molecule has 0 spiro atoms. The highest BCUT2D eigenvalue weighted by atomic mass is 31.2. The van der Waals surface area contributed by atoms with E-state index >= 15 is 0 Å². The monoisotopic (exact) mass is 618 g/mol. The lowest BCUT2D eigenvalue weighted by Crippen LogP contribution is -2.55. The molecule has 0 aromatic carbocycles. The number of carboxylic acid groups (broad SMARTS) is 1. The highest BCUT2D eigenvalue weighted by Crippen LogP contribution is 2.45. The molecule has 1 saturated heterocycles. The van der Waals surface area contributed by atoms with Crippen LogP contribution in [0.2, 0.25) is 0 Å². The van der Waals surface area contributed by atoms with E-state index in [9.17, 15) is 54.5 Å². The first-order valence-corrected chi connectivity index (χ1v) is 15.2. The number of aliphatic carboxylic acids is 1. The maximum atomic E-state index is 12.6. The number of carboxylic acids is 1. The summed E-state index contributed by atoms with van der Waals surface area (Å²) in [6, 6.07) is -1.72. The van der Waals surface area contributed by atoms with Crippen LogP contribution in [0.15, 0.2) is 35.5 Å². The zero-order valence-corrected chi connectivity index (χ0v) is 25.2. The van der Waals surface area contributed by atoms with E-state index in [1.807, 2.05) is 0 Å². The third-order valence-corrected chi connectivity index (χ3v) is 9.18. The van der Waals surface area contributed by atoms with Gasteiger partial charge in [0, 0.05) is 24.0 Å². The second-order valence-corrected chi connectivity index (χ2v) is 13.9. The lowest BCUT2D eigenvalue weighted by Gasteiger charge is -2.44. The van der Waals surface area contributed by atoms with Gasteiger partial charge in [-0.2, -0.15) is 0 Å². The molecular weight excluding hydrogens is 575 g/mol. The van der Waals surface area contributed by atoms with Crippen LogP contribution in [0.5, 0.6) is 0 Å². The summed E-state index contributed by atoms with van der Waals surface area (Å²) in [4.78, 5) is 46.7. The van der Waals surface area contributed by atoms with Crippen molar-refractivity contribution in [2.45, 2.75) is 89.0 Å². The van der Waals surface area contributed by atoms with Crippen molar-refractivity contribution in [2.24, 2.45) is 5.41 Å². The van der Waals surface area contributed by atoms with Crippen LogP contribution < -0.4 is 10.6 Å². The Morgan fingerprint density at radius 2 is 1.88 bits per heavy atom. The van der Waals surface area contributed by atoms with E-state index in [4.69, 9.17) is 4.52 Å². The summed E-state index contributed by atoms with van der Waals surface area (Å²) in [5.74, 6) is -2.54. The minimum atomic E-state index is -4.60. The fraction of sp³-hybridized carbons (Fsp3) is 0.667. The minimum Gasteiger partial charge on any atom is -0.479 e. The fourth-order valence-electron chi connectivity index (χ4n) is 5.06. The highest BCUT2D eigenvalue weighted by Gasteiger charge is 2.47. The Bertz CT molecular complexity index is 1180. The molecule has 2 aliphatic rings. The summed E-state index contributed by atoms with van der Waals surface area (Å²) < 4.78 is 17.5. The SMILES string of the molecule is CC1=CC(=O)CC(C)(C)C1(O)/C=C/C(C)=C\C(=O)NC(C)(COP(=O)(O)C[C@H](O)C[C@H]1N[C@H](CO)[C@@H](O)[C@@H]1O)C(=O)O. The Labute approximate surface area is 244 Å². The van der Waals surface area contributed by atoms with E-state index in [0.717, 1.165) is 13.0 Å². The van der Waals surface area contributed by atoms with Gasteiger partial charge < -0.3 is 50.7 Å². The average molecular weight is 619 g/mol. The quantitative estimate of drug-likeness (QED) is 0.0693. The molecule has 0 aromatic rings. The Morgan fingerprint density at radius 3 is 2.40 bits per heavy atom. The van der Waals surface area contributed by atoms with Gasteiger partial charge in [-0.25, -0.2) is 4.79 Å². The number of hydrogen-bond donors (Lipinski definition) is 9. The van der Waals surface area contributed by atoms with E-state index in [1.54, 1.807) is 20.8 Å². The summed E-state index contributed by atoms with van der Waals surface area (Å²) in [6.07, 6.45) is 0.232. The van der Waals surface area contributed by atoms with Crippen LogP contribution in [-0.4, -0.2) is 114 Å². The van der Waals surface area contributed by atoms with E-state index in [1.165, 1.54) is 25.2 Å². The normalized spacial score (nSPS) is 31.7. The van der Waals surface area contributed by atoms with Gasteiger partial charge in [-0.15, -0.1) is 0 Å². The van der Waals surface area contributed by atoms with Crippen molar-refractivity contribution >= 4 is 25.3 Å². The molecular formula is C27H43N2O12P. The molecule has 0 saturated carbocycles.